The molecule has 2 rings (SSSR count). The summed E-state index contributed by atoms with van der Waals surface area (Å²) >= 11 is 0. The van der Waals surface area contributed by atoms with Crippen LogP contribution < -0.4 is 0 Å². The Bertz CT molecular complexity index is 558. The number of piperidine rings is 1. The summed E-state index contributed by atoms with van der Waals surface area (Å²) in [7, 11) is -3.48. The van der Waals surface area contributed by atoms with Gasteiger partial charge in [-0.2, -0.15) is 4.31 Å². The molecule has 1 saturated heterocycles. The normalized spacial score (nSPS) is 21.1. The number of hydrogen-bond acceptors (Lipinski definition) is 4. The standard InChI is InChI=1S/C15H23NO4S/c1-11(17)13-3-5-15(6-4-13)21(19,20)16-9-7-14(8-10-16)12(2)18/h3-6,11-12,14,17-18H,7-10H2,1-2H3. The Morgan fingerprint density at radius 1 is 1.10 bits per heavy atom. The number of benzene rings is 1. The minimum Gasteiger partial charge on any atom is -0.393 e. The van der Waals surface area contributed by atoms with Gasteiger partial charge in [-0.25, -0.2) is 8.42 Å². The van der Waals surface area contributed by atoms with Gasteiger partial charge in [-0.05, 0) is 50.3 Å². The van der Waals surface area contributed by atoms with E-state index in [0.717, 1.165) is 0 Å². The van der Waals surface area contributed by atoms with Gasteiger partial charge in [0.15, 0.2) is 0 Å². The van der Waals surface area contributed by atoms with Crippen molar-refractivity contribution in [2.75, 3.05) is 13.1 Å². The molecule has 2 atom stereocenters. The van der Waals surface area contributed by atoms with Crippen LogP contribution in [0.5, 0.6) is 0 Å². The van der Waals surface area contributed by atoms with Crippen LogP contribution in [0.25, 0.3) is 0 Å². The number of nitrogens with zero attached hydrogens (tertiary/aromatic N) is 1. The van der Waals surface area contributed by atoms with E-state index in [4.69, 9.17) is 0 Å². The maximum atomic E-state index is 12.5. The molecule has 2 unspecified atom stereocenters. The van der Waals surface area contributed by atoms with Gasteiger partial charge in [0.1, 0.15) is 0 Å². The average molecular weight is 313 g/mol. The molecule has 21 heavy (non-hydrogen) atoms. The molecule has 6 heteroatoms. The van der Waals surface area contributed by atoms with E-state index in [0.29, 0.717) is 31.5 Å². The van der Waals surface area contributed by atoms with Crippen molar-refractivity contribution in [3.63, 3.8) is 0 Å². The molecular formula is C15H23NO4S. The lowest BCUT2D eigenvalue weighted by Crippen LogP contribution is -2.40. The number of hydrogen-bond donors (Lipinski definition) is 2. The summed E-state index contributed by atoms with van der Waals surface area (Å²) in [6.45, 7) is 4.28. The second-order valence-electron chi connectivity index (χ2n) is 5.73. The van der Waals surface area contributed by atoms with Crippen LogP contribution in [-0.4, -0.2) is 42.1 Å². The first-order valence-corrected chi connectivity index (χ1v) is 8.72. The van der Waals surface area contributed by atoms with Crippen molar-refractivity contribution in [2.24, 2.45) is 5.92 Å². The van der Waals surface area contributed by atoms with E-state index in [9.17, 15) is 18.6 Å². The molecule has 1 aromatic rings. The summed E-state index contributed by atoms with van der Waals surface area (Å²) in [4.78, 5) is 0.252. The predicted molar refractivity (Wildman–Crippen MR) is 80.2 cm³/mol. The first kappa shape index (κ1) is 16.4. The van der Waals surface area contributed by atoms with Crippen molar-refractivity contribution in [1.29, 1.82) is 0 Å². The lowest BCUT2D eigenvalue weighted by Gasteiger charge is -2.32. The van der Waals surface area contributed by atoms with Crippen molar-refractivity contribution in [3.05, 3.63) is 29.8 Å². The third-order valence-electron chi connectivity index (χ3n) is 4.18. The lowest BCUT2D eigenvalue weighted by atomic mass is 9.93. The molecule has 0 bridgehead atoms. The molecule has 1 aromatic carbocycles. The van der Waals surface area contributed by atoms with E-state index in [1.807, 2.05) is 0 Å². The first-order chi connectivity index (χ1) is 9.82. The summed E-state index contributed by atoms with van der Waals surface area (Å²) in [5, 5.41) is 19.0. The van der Waals surface area contributed by atoms with E-state index in [1.54, 1.807) is 26.0 Å². The van der Waals surface area contributed by atoms with Gasteiger partial charge in [0.25, 0.3) is 0 Å². The predicted octanol–water partition coefficient (Wildman–Crippen LogP) is 1.52. The molecule has 0 aliphatic carbocycles. The van der Waals surface area contributed by atoms with E-state index in [1.165, 1.54) is 16.4 Å². The van der Waals surface area contributed by atoms with Crippen LogP contribution in [0.1, 0.15) is 38.4 Å². The molecule has 0 saturated carbocycles. The Morgan fingerprint density at radius 3 is 2.05 bits per heavy atom. The second kappa shape index (κ2) is 6.44. The molecule has 5 nitrogen and oxygen atoms in total. The fourth-order valence-corrected chi connectivity index (χ4v) is 4.14. The Balaban J connectivity index is 2.12. The minimum atomic E-state index is -3.48. The smallest absolute Gasteiger partial charge is 0.243 e. The molecule has 1 fully saturated rings. The maximum absolute atomic E-state index is 12.5. The maximum Gasteiger partial charge on any atom is 0.243 e. The Kier molecular flexibility index (Phi) is 5.03. The van der Waals surface area contributed by atoms with Crippen molar-refractivity contribution >= 4 is 10.0 Å². The van der Waals surface area contributed by atoms with Crippen LogP contribution in [0, 0.1) is 5.92 Å². The largest absolute Gasteiger partial charge is 0.393 e. The molecule has 1 aliphatic heterocycles. The summed E-state index contributed by atoms with van der Waals surface area (Å²) in [6, 6.07) is 6.36. The zero-order chi connectivity index (χ0) is 15.6. The molecule has 0 amide bonds. The zero-order valence-electron chi connectivity index (χ0n) is 12.4. The molecule has 1 heterocycles. The van der Waals surface area contributed by atoms with Gasteiger partial charge < -0.3 is 10.2 Å². The summed E-state index contributed by atoms with van der Waals surface area (Å²) in [5.74, 6) is 0.175. The third-order valence-corrected chi connectivity index (χ3v) is 6.09. The monoisotopic (exact) mass is 313 g/mol. The van der Waals surface area contributed by atoms with Gasteiger partial charge in [0.05, 0.1) is 17.1 Å². The first-order valence-electron chi connectivity index (χ1n) is 7.28. The van der Waals surface area contributed by atoms with Gasteiger partial charge in [0, 0.05) is 13.1 Å². The van der Waals surface area contributed by atoms with Gasteiger partial charge >= 0.3 is 0 Å². The molecule has 118 valence electrons. The number of aliphatic hydroxyl groups excluding tert-OH is 2. The van der Waals surface area contributed by atoms with Crippen molar-refractivity contribution in [2.45, 2.75) is 43.8 Å². The van der Waals surface area contributed by atoms with E-state index < -0.39 is 16.1 Å². The van der Waals surface area contributed by atoms with Crippen LogP contribution in [0.3, 0.4) is 0 Å². The van der Waals surface area contributed by atoms with E-state index in [2.05, 4.69) is 0 Å². The Morgan fingerprint density at radius 2 is 1.62 bits per heavy atom. The molecular weight excluding hydrogens is 290 g/mol. The average Bonchev–Trinajstić information content (AvgIpc) is 2.47. The van der Waals surface area contributed by atoms with Gasteiger partial charge in [0.2, 0.25) is 10.0 Å². The van der Waals surface area contributed by atoms with Crippen LogP contribution in [0.15, 0.2) is 29.2 Å². The molecule has 0 radical (unpaired) electrons. The highest BCUT2D eigenvalue weighted by atomic mass is 32.2. The molecule has 0 aromatic heterocycles. The molecule has 1 aliphatic rings. The van der Waals surface area contributed by atoms with Crippen LogP contribution >= 0.6 is 0 Å². The topological polar surface area (TPSA) is 77.8 Å². The quantitative estimate of drug-likeness (QED) is 0.883. The van der Waals surface area contributed by atoms with Gasteiger partial charge in [-0.3, -0.25) is 0 Å². The molecule has 0 spiro atoms. The van der Waals surface area contributed by atoms with Gasteiger partial charge in [-0.1, -0.05) is 12.1 Å². The minimum absolute atomic E-state index is 0.175. The Labute approximate surface area is 126 Å². The summed E-state index contributed by atoms with van der Waals surface area (Å²) in [6.07, 6.45) is 0.370. The highest BCUT2D eigenvalue weighted by molar-refractivity contribution is 7.89. The lowest BCUT2D eigenvalue weighted by molar-refractivity contribution is 0.0912. The molecule has 2 N–H and O–H groups in total. The fraction of sp³-hybridized carbons (Fsp3) is 0.600. The second-order valence-corrected chi connectivity index (χ2v) is 7.67. The number of rotatable bonds is 4. The number of sulfonamides is 1. The Hall–Kier alpha value is -0.950. The van der Waals surface area contributed by atoms with E-state index >= 15 is 0 Å². The SMILES string of the molecule is CC(O)c1ccc(S(=O)(=O)N2CCC(C(C)O)CC2)cc1. The zero-order valence-corrected chi connectivity index (χ0v) is 13.3. The van der Waals surface area contributed by atoms with Crippen LogP contribution in [-0.2, 0) is 10.0 Å². The van der Waals surface area contributed by atoms with Gasteiger partial charge in [-0.15, -0.1) is 0 Å². The number of aliphatic hydroxyl groups is 2. The third kappa shape index (κ3) is 3.63. The highest BCUT2D eigenvalue weighted by Crippen LogP contribution is 2.26. The van der Waals surface area contributed by atoms with Crippen molar-refractivity contribution < 1.29 is 18.6 Å². The fourth-order valence-electron chi connectivity index (χ4n) is 2.67. The summed E-state index contributed by atoms with van der Waals surface area (Å²) < 4.78 is 26.6. The van der Waals surface area contributed by atoms with Crippen molar-refractivity contribution in [3.8, 4) is 0 Å². The van der Waals surface area contributed by atoms with Crippen LogP contribution in [0.4, 0.5) is 0 Å². The van der Waals surface area contributed by atoms with Crippen molar-refractivity contribution in [1.82, 2.24) is 4.31 Å². The van der Waals surface area contributed by atoms with Crippen LogP contribution in [0.2, 0.25) is 0 Å². The van der Waals surface area contributed by atoms with E-state index in [-0.39, 0.29) is 16.9 Å². The summed E-state index contributed by atoms with van der Waals surface area (Å²) in [5.41, 5.74) is 0.696. The highest BCUT2D eigenvalue weighted by Gasteiger charge is 2.30.